The number of benzene rings is 1. The Morgan fingerprint density at radius 1 is 1.42 bits per heavy atom. The van der Waals surface area contributed by atoms with E-state index in [1.165, 1.54) is 4.90 Å². The van der Waals surface area contributed by atoms with Crippen molar-refractivity contribution >= 4 is 23.5 Å². The Balaban J connectivity index is 2.20. The highest BCUT2D eigenvalue weighted by Gasteiger charge is 2.33. The van der Waals surface area contributed by atoms with Crippen molar-refractivity contribution in [3.05, 3.63) is 29.8 Å². The molecule has 0 bridgehead atoms. The van der Waals surface area contributed by atoms with Gasteiger partial charge in [-0.05, 0) is 17.7 Å². The second-order valence-corrected chi connectivity index (χ2v) is 4.55. The molecule has 0 radical (unpaired) electrons. The number of aliphatic carboxylic acids is 1. The van der Waals surface area contributed by atoms with Gasteiger partial charge in [-0.15, -0.1) is 0 Å². The number of nitrogens with two attached hydrogens (primary N) is 1. The van der Waals surface area contributed by atoms with E-state index in [4.69, 9.17) is 10.8 Å². The van der Waals surface area contributed by atoms with Crippen LogP contribution in [0.4, 0.5) is 5.69 Å². The fraction of sp³-hybridized carbons (Fsp3) is 0.308. The molecule has 1 aliphatic rings. The zero-order valence-corrected chi connectivity index (χ0v) is 10.2. The van der Waals surface area contributed by atoms with E-state index < -0.39 is 17.8 Å². The number of carboxylic acid groups (broad SMARTS) is 1. The maximum atomic E-state index is 11.8. The van der Waals surface area contributed by atoms with Crippen LogP contribution in [0, 0.1) is 5.92 Å². The van der Waals surface area contributed by atoms with Crippen LogP contribution in [0.3, 0.4) is 0 Å². The van der Waals surface area contributed by atoms with Gasteiger partial charge in [0.2, 0.25) is 11.8 Å². The van der Waals surface area contributed by atoms with Crippen LogP contribution >= 0.6 is 0 Å². The van der Waals surface area contributed by atoms with Crippen molar-refractivity contribution in [1.29, 1.82) is 0 Å². The van der Waals surface area contributed by atoms with Crippen molar-refractivity contribution in [1.82, 2.24) is 0 Å². The number of carbonyl (C=O) groups is 3. The van der Waals surface area contributed by atoms with E-state index in [0.29, 0.717) is 11.3 Å². The molecule has 0 aromatic heterocycles. The maximum Gasteiger partial charge on any atom is 0.307 e. The van der Waals surface area contributed by atoms with Crippen molar-refractivity contribution < 1.29 is 19.5 Å². The van der Waals surface area contributed by atoms with E-state index in [2.05, 4.69) is 0 Å². The molecular formula is C13H14N2O4. The van der Waals surface area contributed by atoms with Crippen molar-refractivity contribution in [2.24, 2.45) is 11.7 Å². The van der Waals surface area contributed by atoms with E-state index in [0.717, 1.165) is 0 Å². The van der Waals surface area contributed by atoms with Crippen molar-refractivity contribution in [3.8, 4) is 0 Å². The van der Waals surface area contributed by atoms with Gasteiger partial charge in [0, 0.05) is 18.7 Å². The molecule has 0 spiro atoms. The standard InChI is InChI=1S/C13H14N2O4/c14-13(19)9-6-11(16)15(7-9)10-3-1-2-8(4-10)5-12(17)18/h1-4,9H,5-7H2,(H2,14,19)(H,17,18). The molecule has 1 unspecified atom stereocenters. The molecule has 1 atom stereocenters. The molecule has 2 amide bonds. The lowest BCUT2D eigenvalue weighted by Gasteiger charge is -2.17. The SMILES string of the molecule is NC(=O)C1CC(=O)N(c2cccc(CC(=O)O)c2)C1. The fourth-order valence-corrected chi connectivity index (χ4v) is 2.16. The summed E-state index contributed by atoms with van der Waals surface area (Å²) in [5.74, 6) is -2.07. The first-order chi connectivity index (χ1) is 8.97. The molecule has 1 saturated heterocycles. The number of carbonyl (C=O) groups excluding carboxylic acids is 2. The third-order valence-corrected chi connectivity index (χ3v) is 3.10. The Hall–Kier alpha value is -2.37. The first-order valence-corrected chi connectivity index (χ1v) is 5.88. The largest absolute Gasteiger partial charge is 0.481 e. The van der Waals surface area contributed by atoms with Crippen LogP contribution in [0.5, 0.6) is 0 Å². The third kappa shape index (κ3) is 2.90. The Labute approximate surface area is 109 Å². The average Bonchev–Trinajstić information content (AvgIpc) is 2.71. The van der Waals surface area contributed by atoms with Crippen molar-refractivity contribution in [2.45, 2.75) is 12.8 Å². The normalized spacial score (nSPS) is 18.6. The quantitative estimate of drug-likeness (QED) is 0.806. The lowest BCUT2D eigenvalue weighted by Crippen LogP contribution is -2.28. The second kappa shape index (κ2) is 5.09. The third-order valence-electron chi connectivity index (χ3n) is 3.10. The number of hydrogen-bond donors (Lipinski definition) is 2. The lowest BCUT2D eigenvalue weighted by molar-refractivity contribution is -0.136. The monoisotopic (exact) mass is 262 g/mol. The van der Waals surface area contributed by atoms with Gasteiger partial charge in [-0.1, -0.05) is 12.1 Å². The average molecular weight is 262 g/mol. The van der Waals surface area contributed by atoms with E-state index >= 15 is 0 Å². The van der Waals surface area contributed by atoms with Crippen LogP contribution in [0.2, 0.25) is 0 Å². The van der Waals surface area contributed by atoms with Gasteiger partial charge in [-0.3, -0.25) is 14.4 Å². The van der Waals surface area contributed by atoms with Gasteiger partial charge in [-0.25, -0.2) is 0 Å². The zero-order chi connectivity index (χ0) is 14.0. The Morgan fingerprint density at radius 2 is 2.16 bits per heavy atom. The minimum absolute atomic E-state index is 0.102. The smallest absolute Gasteiger partial charge is 0.307 e. The van der Waals surface area contributed by atoms with Crippen LogP contribution < -0.4 is 10.6 Å². The number of carboxylic acids is 1. The van der Waals surface area contributed by atoms with Gasteiger partial charge in [0.25, 0.3) is 0 Å². The van der Waals surface area contributed by atoms with E-state index in [1.54, 1.807) is 24.3 Å². The molecule has 2 rings (SSSR count). The summed E-state index contributed by atoms with van der Waals surface area (Å²) >= 11 is 0. The first kappa shape index (κ1) is 13.1. The molecule has 1 heterocycles. The summed E-state index contributed by atoms with van der Waals surface area (Å²) in [6.07, 6.45) is 0.00755. The molecule has 6 nitrogen and oxygen atoms in total. The second-order valence-electron chi connectivity index (χ2n) is 4.55. The molecule has 0 aliphatic carbocycles. The molecule has 6 heteroatoms. The highest BCUT2D eigenvalue weighted by atomic mass is 16.4. The van der Waals surface area contributed by atoms with Crippen LogP contribution in [0.25, 0.3) is 0 Å². The zero-order valence-electron chi connectivity index (χ0n) is 10.2. The molecule has 3 N–H and O–H groups in total. The predicted octanol–water partition coefficient (Wildman–Crippen LogP) is 0.152. The fourth-order valence-electron chi connectivity index (χ4n) is 2.16. The van der Waals surface area contributed by atoms with Crippen LogP contribution in [-0.2, 0) is 20.8 Å². The molecule has 19 heavy (non-hydrogen) atoms. The molecular weight excluding hydrogens is 248 g/mol. The molecule has 100 valence electrons. The van der Waals surface area contributed by atoms with E-state index in [-0.39, 0.29) is 25.3 Å². The first-order valence-electron chi connectivity index (χ1n) is 5.88. The molecule has 1 fully saturated rings. The number of rotatable bonds is 4. The highest BCUT2D eigenvalue weighted by Crippen LogP contribution is 2.25. The van der Waals surface area contributed by atoms with Gasteiger partial charge < -0.3 is 15.7 Å². The molecule has 1 aliphatic heterocycles. The molecule has 1 aromatic carbocycles. The Kier molecular flexibility index (Phi) is 3.50. The van der Waals surface area contributed by atoms with Gasteiger partial charge in [0.15, 0.2) is 0 Å². The van der Waals surface area contributed by atoms with Gasteiger partial charge in [0.05, 0.1) is 12.3 Å². The van der Waals surface area contributed by atoms with Crippen molar-refractivity contribution in [3.63, 3.8) is 0 Å². The van der Waals surface area contributed by atoms with Crippen LogP contribution in [0.15, 0.2) is 24.3 Å². The minimum Gasteiger partial charge on any atom is -0.481 e. The van der Waals surface area contributed by atoms with E-state index in [1.807, 2.05) is 0 Å². The van der Waals surface area contributed by atoms with Gasteiger partial charge >= 0.3 is 5.97 Å². The molecule has 1 aromatic rings. The highest BCUT2D eigenvalue weighted by molar-refractivity contribution is 6.00. The van der Waals surface area contributed by atoms with Crippen LogP contribution in [0.1, 0.15) is 12.0 Å². The topological polar surface area (TPSA) is 101 Å². The summed E-state index contributed by atoms with van der Waals surface area (Å²) in [4.78, 5) is 35.1. The predicted molar refractivity (Wildman–Crippen MR) is 67.4 cm³/mol. The van der Waals surface area contributed by atoms with Gasteiger partial charge in [-0.2, -0.15) is 0 Å². The summed E-state index contributed by atoms with van der Waals surface area (Å²) < 4.78 is 0. The van der Waals surface area contributed by atoms with E-state index in [9.17, 15) is 14.4 Å². The lowest BCUT2D eigenvalue weighted by atomic mass is 10.1. The van der Waals surface area contributed by atoms with Crippen LogP contribution in [-0.4, -0.2) is 29.4 Å². The summed E-state index contributed by atoms with van der Waals surface area (Å²) in [6.45, 7) is 0.255. The number of primary amides is 1. The maximum absolute atomic E-state index is 11.8. The number of nitrogens with zero attached hydrogens (tertiary/aromatic N) is 1. The van der Waals surface area contributed by atoms with Crippen molar-refractivity contribution in [2.75, 3.05) is 11.4 Å². The minimum atomic E-state index is -0.931. The number of hydrogen-bond acceptors (Lipinski definition) is 3. The summed E-state index contributed by atoms with van der Waals surface area (Å²) in [7, 11) is 0. The summed E-state index contributed by atoms with van der Waals surface area (Å²) in [6, 6.07) is 6.74. The number of anilines is 1. The van der Waals surface area contributed by atoms with Gasteiger partial charge in [0.1, 0.15) is 0 Å². The number of amides is 2. The Bertz CT molecular complexity index is 541. The summed E-state index contributed by atoms with van der Waals surface area (Å²) in [5, 5.41) is 8.75. The molecule has 0 saturated carbocycles. The Morgan fingerprint density at radius 3 is 2.74 bits per heavy atom. The summed E-state index contributed by atoms with van der Waals surface area (Å²) in [5.41, 5.74) is 6.42.